The number of hydrogen-bond donors (Lipinski definition) is 1. The van der Waals surface area contributed by atoms with E-state index in [4.69, 9.17) is 15.2 Å². The molecule has 0 spiro atoms. The highest BCUT2D eigenvalue weighted by molar-refractivity contribution is 9.10. The van der Waals surface area contributed by atoms with Crippen molar-refractivity contribution in [1.82, 2.24) is 0 Å². The van der Waals surface area contributed by atoms with E-state index in [9.17, 15) is 0 Å². The van der Waals surface area contributed by atoms with Crippen LogP contribution in [0, 0.1) is 0 Å². The average Bonchev–Trinajstić information content (AvgIpc) is 3.18. The molecule has 3 nitrogen and oxygen atoms in total. The Kier molecular flexibility index (Phi) is 4.35. The second-order valence-corrected chi connectivity index (χ2v) is 6.84. The Bertz CT molecular complexity index is 508. The van der Waals surface area contributed by atoms with Gasteiger partial charge in [0.2, 0.25) is 0 Å². The maximum atomic E-state index is 6.27. The first-order valence-electron chi connectivity index (χ1n) is 7.09. The van der Waals surface area contributed by atoms with Crippen LogP contribution in [0.15, 0.2) is 10.5 Å². The van der Waals surface area contributed by atoms with E-state index < -0.39 is 0 Å². The predicted octanol–water partition coefficient (Wildman–Crippen LogP) is 3.97. The molecule has 0 saturated heterocycles. The van der Waals surface area contributed by atoms with Crippen LogP contribution in [0.2, 0.25) is 0 Å². The van der Waals surface area contributed by atoms with E-state index >= 15 is 0 Å². The van der Waals surface area contributed by atoms with Crippen LogP contribution < -0.4 is 15.2 Å². The van der Waals surface area contributed by atoms with Gasteiger partial charge in [-0.25, -0.2) is 0 Å². The number of nitrogens with two attached hydrogens (primary N) is 1. The summed E-state index contributed by atoms with van der Waals surface area (Å²) in [6.45, 7) is 6.47. The molecule has 0 amide bonds. The maximum Gasteiger partial charge on any atom is 0.164 e. The SMILES string of the molecule is COc1cc(Br)c(C2(C(C)N)CC2)c(C(C)C)c1OC. The Labute approximate surface area is 130 Å². The van der Waals surface area contributed by atoms with E-state index in [2.05, 4.69) is 36.7 Å². The fourth-order valence-electron chi connectivity index (χ4n) is 3.11. The minimum atomic E-state index is 0.0813. The average molecular weight is 342 g/mol. The molecule has 1 unspecified atom stereocenters. The number of ether oxygens (including phenoxy) is 2. The van der Waals surface area contributed by atoms with Crippen molar-refractivity contribution in [3.8, 4) is 11.5 Å². The Morgan fingerprint density at radius 1 is 1.20 bits per heavy atom. The van der Waals surface area contributed by atoms with Gasteiger partial charge in [0.25, 0.3) is 0 Å². The standard InChI is InChI=1S/C16H24BrNO2/c1-9(2)13-14(16(6-7-16)10(3)18)11(17)8-12(19-4)15(13)20-5/h8-10H,6-7,18H2,1-5H3. The van der Waals surface area contributed by atoms with Crippen LogP contribution in [-0.2, 0) is 5.41 Å². The normalized spacial score (nSPS) is 18.0. The molecular weight excluding hydrogens is 318 g/mol. The first-order chi connectivity index (χ1) is 9.39. The van der Waals surface area contributed by atoms with E-state index in [0.29, 0.717) is 5.92 Å². The monoisotopic (exact) mass is 341 g/mol. The number of hydrogen-bond acceptors (Lipinski definition) is 3. The lowest BCUT2D eigenvalue weighted by atomic mass is 9.82. The number of methoxy groups -OCH3 is 2. The zero-order valence-corrected chi connectivity index (χ0v) is 14.5. The summed E-state index contributed by atoms with van der Waals surface area (Å²) in [4.78, 5) is 0. The molecule has 1 saturated carbocycles. The third-order valence-electron chi connectivity index (χ3n) is 4.39. The minimum Gasteiger partial charge on any atom is -0.493 e. The van der Waals surface area contributed by atoms with Crippen LogP contribution in [0.1, 0.15) is 50.7 Å². The molecule has 112 valence electrons. The third-order valence-corrected chi connectivity index (χ3v) is 5.02. The molecule has 2 rings (SSSR count). The lowest BCUT2D eigenvalue weighted by molar-refractivity contribution is 0.348. The fourth-order valence-corrected chi connectivity index (χ4v) is 3.93. The Balaban J connectivity index is 2.74. The van der Waals surface area contributed by atoms with Crippen molar-refractivity contribution in [3.05, 3.63) is 21.7 Å². The molecular formula is C16H24BrNO2. The van der Waals surface area contributed by atoms with E-state index in [0.717, 1.165) is 28.8 Å². The van der Waals surface area contributed by atoms with Crippen molar-refractivity contribution < 1.29 is 9.47 Å². The van der Waals surface area contributed by atoms with Crippen LogP contribution >= 0.6 is 15.9 Å². The van der Waals surface area contributed by atoms with Gasteiger partial charge in [-0.05, 0) is 37.3 Å². The molecule has 1 fully saturated rings. The molecule has 0 radical (unpaired) electrons. The third kappa shape index (κ3) is 2.33. The van der Waals surface area contributed by atoms with E-state index in [1.54, 1.807) is 14.2 Å². The van der Waals surface area contributed by atoms with Crippen molar-refractivity contribution in [1.29, 1.82) is 0 Å². The summed E-state index contributed by atoms with van der Waals surface area (Å²) in [7, 11) is 3.37. The summed E-state index contributed by atoms with van der Waals surface area (Å²) in [5.74, 6) is 1.96. The number of benzene rings is 1. The molecule has 0 aromatic heterocycles. The van der Waals surface area contributed by atoms with Gasteiger partial charge in [0, 0.05) is 21.5 Å². The van der Waals surface area contributed by atoms with E-state index in [1.165, 1.54) is 11.1 Å². The Morgan fingerprint density at radius 3 is 2.15 bits per heavy atom. The quantitative estimate of drug-likeness (QED) is 0.881. The lowest BCUT2D eigenvalue weighted by Crippen LogP contribution is -2.33. The number of rotatable bonds is 5. The van der Waals surface area contributed by atoms with Crippen molar-refractivity contribution in [3.63, 3.8) is 0 Å². The molecule has 1 aromatic rings. The second-order valence-electron chi connectivity index (χ2n) is 5.98. The summed E-state index contributed by atoms with van der Waals surface area (Å²) in [5.41, 5.74) is 8.88. The van der Waals surface area contributed by atoms with Crippen LogP contribution in [0.4, 0.5) is 0 Å². The van der Waals surface area contributed by atoms with Crippen molar-refractivity contribution in [2.45, 2.75) is 51.0 Å². The smallest absolute Gasteiger partial charge is 0.164 e. The molecule has 0 bridgehead atoms. The molecule has 1 aliphatic carbocycles. The highest BCUT2D eigenvalue weighted by Gasteiger charge is 2.50. The highest BCUT2D eigenvalue weighted by Crippen LogP contribution is 2.57. The minimum absolute atomic E-state index is 0.0813. The summed E-state index contributed by atoms with van der Waals surface area (Å²) in [6, 6.07) is 2.14. The second kappa shape index (κ2) is 5.57. The topological polar surface area (TPSA) is 44.5 Å². The van der Waals surface area contributed by atoms with Gasteiger partial charge in [-0.2, -0.15) is 0 Å². The molecule has 4 heteroatoms. The maximum absolute atomic E-state index is 6.27. The van der Waals surface area contributed by atoms with Gasteiger partial charge in [0.1, 0.15) is 0 Å². The lowest BCUT2D eigenvalue weighted by Gasteiger charge is -2.28. The van der Waals surface area contributed by atoms with E-state index in [-0.39, 0.29) is 11.5 Å². The summed E-state index contributed by atoms with van der Waals surface area (Å²) < 4.78 is 12.2. The Hall–Kier alpha value is -0.740. The van der Waals surface area contributed by atoms with Gasteiger partial charge in [-0.15, -0.1) is 0 Å². The van der Waals surface area contributed by atoms with Crippen LogP contribution in [0.5, 0.6) is 11.5 Å². The zero-order valence-electron chi connectivity index (χ0n) is 12.9. The van der Waals surface area contributed by atoms with Gasteiger partial charge in [0.05, 0.1) is 14.2 Å². The van der Waals surface area contributed by atoms with Crippen molar-refractivity contribution in [2.75, 3.05) is 14.2 Å². The molecule has 1 aromatic carbocycles. The van der Waals surface area contributed by atoms with Gasteiger partial charge in [0.15, 0.2) is 11.5 Å². The molecule has 0 aliphatic heterocycles. The molecule has 0 heterocycles. The van der Waals surface area contributed by atoms with Crippen LogP contribution in [-0.4, -0.2) is 20.3 Å². The molecule has 2 N–H and O–H groups in total. The van der Waals surface area contributed by atoms with Gasteiger partial charge in [-0.1, -0.05) is 29.8 Å². The summed E-state index contributed by atoms with van der Waals surface area (Å²) in [6.07, 6.45) is 2.27. The number of halogens is 1. The van der Waals surface area contributed by atoms with Crippen LogP contribution in [0.3, 0.4) is 0 Å². The first-order valence-corrected chi connectivity index (χ1v) is 7.88. The van der Waals surface area contributed by atoms with Gasteiger partial charge < -0.3 is 15.2 Å². The van der Waals surface area contributed by atoms with Gasteiger partial charge >= 0.3 is 0 Å². The molecule has 1 atom stereocenters. The van der Waals surface area contributed by atoms with Gasteiger partial charge in [-0.3, -0.25) is 0 Å². The predicted molar refractivity (Wildman–Crippen MR) is 85.9 cm³/mol. The van der Waals surface area contributed by atoms with E-state index in [1.807, 2.05) is 6.07 Å². The van der Waals surface area contributed by atoms with Crippen molar-refractivity contribution in [2.24, 2.45) is 5.73 Å². The highest BCUT2D eigenvalue weighted by atomic mass is 79.9. The van der Waals surface area contributed by atoms with Crippen molar-refractivity contribution >= 4 is 15.9 Å². The molecule has 20 heavy (non-hydrogen) atoms. The summed E-state index contributed by atoms with van der Waals surface area (Å²) >= 11 is 3.72. The fraction of sp³-hybridized carbons (Fsp3) is 0.625. The first kappa shape index (κ1) is 15.6. The Morgan fingerprint density at radius 2 is 1.80 bits per heavy atom. The molecule has 1 aliphatic rings. The zero-order chi connectivity index (χ0) is 15.1. The summed E-state index contributed by atoms with van der Waals surface area (Å²) in [5, 5.41) is 0. The largest absolute Gasteiger partial charge is 0.493 e. The van der Waals surface area contributed by atoms with Crippen LogP contribution in [0.25, 0.3) is 0 Å².